The van der Waals surface area contributed by atoms with Gasteiger partial charge in [-0.3, -0.25) is 9.69 Å². The van der Waals surface area contributed by atoms with Crippen LogP contribution in [0.4, 0.5) is 24.5 Å². The monoisotopic (exact) mass is 982 g/mol. The third kappa shape index (κ3) is 11.4. The predicted octanol–water partition coefficient (Wildman–Crippen LogP) is 7.91. The van der Waals surface area contributed by atoms with E-state index in [1.165, 1.54) is 29.0 Å². The lowest BCUT2D eigenvalue weighted by Gasteiger charge is -2.39. The van der Waals surface area contributed by atoms with Crippen LogP contribution in [0.5, 0.6) is 11.5 Å². The molecule has 2 aromatic heterocycles. The van der Waals surface area contributed by atoms with Gasteiger partial charge in [0.2, 0.25) is 0 Å². The summed E-state index contributed by atoms with van der Waals surface area (Å²) in [4.78, 5) is 26.0. The molecule has 8 rings (SSSR count). The summed E-state index contributed by atoms with van der Waals surface area (Å²) >= 11 is 6.22. The Balaban J connectivity index is 1.02. The Morgan fingerprint density at radius 3 is 2.39 bits per heavy atom. The molecule has 14 nitrogen and oxygen atoms in total. The highest BCUT2D eigenvalue weighted by Gasteiger charge is 2.48. The van der Waals surface area contributed by atoms with Gasteiger partial charge in [0.05, 0.1) is 22.3 Å². The number of halogens is 4. The second kappa shape index (κ2) is 19.8. The molecule has 20 heteroatoms. The van der Waals surface area contributed by atoms with Gasteiger partial charge in [-0.1, -0.05) is 43.2 Å². The number of carbonyl (C=O) groups excluding carboxylic acids is 1. The number of hydrogen-bond donors (Lipinski definition) is 4. The highest BCUT2D eigenvalue weighted by atomic mass is 35.5. The molecule has 1 amide bonds. The fourth-order valence-corrected chi connectivity index (χ4v) is 11.1. The summed E-state index contributed by atoms with van der Waals surface area (Å²) < 4.78 is 103. The molecule has 0 spiro atoms. The minimum atomic E-state index is -6.03. The molecular formula is C47H54ClF3N8O6S2. The van der Waals surface area contributed by atoms with Crippen molar-refractivity contribution < 1.29 is 39.5 Å². The van der Waals surface area contributed by atoms with Crippen molar-refractivity contribution in [2.45, 2.75) is 54.8 Å². The molecular weight excluding hydrogens is 929 g/mol. The van der Waals surface area contributed by atoms with Gasteiger partial charge in [0, 0.05) is 93.8 Å². The van der Waals surface area contributed by atoms with E-state index >= 15 is 0 Å². The Morgan fingerprint density at radius 2 is 1.66 bits per heavy atom. The molecule has 4 N–H and O–H groups in total. The van der Waals surface area contributed by atoms with Crippen molar-refractivity contribution in [1.29, 1.82) is 0 Å². The van der Waals surface area contributed by atoms with Gasteiger partial charge in [0.25, 0.3) is 25.8 Å². The van der Waals surface area contributed by atoms with E-state index in [4.69, 9.17) is 16.3 Å². The number of pyridine rings is 1. The molecule has 0 saturated carbocycles. The van der Waals surface area contributed by atoms with Gasteiger partial charge in [-0.2, -0.15) is 13.2 Å². The zero-order valence-corrected chi connectivity index (χ0v) is 39.6. The molecule has 2 fully saturated rings. The number of benzene rings is 3. The Labute approximate surface area is 393 Å². The molecule has 1 aliphatic carbocycles. The van der Waals surface area contributed by atoms with Crippen molar-refractivity contribution >= 4 is 65.3 Å². The van der Waals surface area contributed by atoms with E-state index in [0.29, 0.717) is 48.5 Å². The lowest BCUT2D eigenvalue weighted by molar-refractivity contribution is -0.0435. The molecule has 0 bridgehead atoms. The minimum absolute atomic E-state index is 0.00721. The van der Waals surface area contributed by atoms with E-state index in [1.807, 2.05) is 16.9 Å². The number of allylic oxidation sites excluding steroid dienone is 1. The van der Waals surface area contributed by atoms with Crippen LogP contribution in [-0.4, -0.2) is 120 Å². The maximum atomic E-state index is 14.0. The van der Waals surface area contributed by atoms with Gasteiger partial charge < -0.3 is 30.2 Å². The highest BCUT2D eigenvalue weighted by molar-refractivity contribution is 7.92. The molecule has 3 aromatic carbocycles. The minimum Gasteiger partial charge on any atom is -0.455 e. The Morgan fingerprint density at radius 1 is 0.910 bits per heavy atom. The second-order valence-corrected chi connectivity index (χ2v) is 22.0. The van der Waals surface area contributed by atoms with Gasteiger partial charge in [-0.05, 0) is 103 Å². The third-order valence-electron chi connectivity index (χ3n) is 12.6. The van der Waals surface area contributed by atoms with Crippen LogP contribution >= 0.6 is 11.6 Å². The quantitative estimate of drug-likeness (QED) is 0.0750. The number of hydrogen-bond acceptors (Lipinski definition) is 12. The van der Waals surface area contributed by atoms with Crippen LogP contribution in [0, 0.1) is 5.41 Å². The molecule has 2 saturated heterocycles. The number of aromatic amines is 1. The topological polar surface area (TPSA) is 169 Å². The molecule has 67 heavy (non-hydrogen) atoms. The van der Waals surface area contributed by atoms with Crippen LogP contribution in [0.15, 0.2) is 101 Å². The summed E-state index contributed by atoms with van der Waals surface area (Å²) in [5, 5.41) is 7.40. The molecule has 3 aliphatic rings. The van der Waals surface area contributed by atoms with E-state index < -0.39 is 46.8 Å². The number of nitrogens with zero attached hydrogens (tertiary/aromatic N) is 4. The number of aromatic nitrogens is 2. The first-order valence-corrected chi connectivity index (χ1v) is 25.6. The summed E-state index contributed by atoms with van der Waals surface area (Å²) in [6.07, 6.45) is 6.71. The lowest BCUT2D eigenvalue weighted by Crippen LogP contribution is -2.47. The molecule has 0 atom stereocenters. The van der Waals surface area contributed by atoms with Crippen LogP contribution in [0.2, 0.25) is 5.02 Å². The number of piperazine rings is 2. The number of sulfone groups is 1. The number of amides is 1. The summed E-state index contributed by atoms with van der Waals surface area (Å²) in [6, 6.07) is 18.6. The zero-order valence-electron chi connectivity index (χ0n) is 37.3. The van der Waals surface area contributed by atoms with Gasteiger partial charge in [-0.25, -0.2) is 26.5 Å². The van der Waals surface area contributed by atoms with E-state index in [9.17, 15) is 34.8 Å². The second-order valence-electron chi connectivity index (χ2n) is 18.0. The number of alkyl halides is 3. The van der Waals surface area contributed by atoms with Crippen LogP contribution < -0.4 is 25.0 Å². The van der Waals surface area contributed by atoms with Crippen molar-refractivity contribution in [2.75, 3.05) is 82.2 Å². The first kappa shape index (κ1) is 48.3. The Hall–Kier alpha value is -5.18. The van der Waals surface area contributed by atoms with Crippen molar-refractivity contribution in [2.24, 2.45) is 5.41 Å². The molecule has 358 valence electrons. The van der Waals surface area contributed by atoms with Crippen molar-refractivity contribution in [1.82, 2.24) is 29.8 Å². The zero-order chi connectivity index (χ0) is 47.6. The van der Waals surface area contributed by atoms with Gasteiger partial charge in [-0.15, -0.1) is 0 Å². The first-order valence-electron chi connectivity index (χ1n) is 22.2. The van der Waals surface area contributed by atoms with E-state index in [-0.39, 0.29) is 29.0 Å². The predicted molar refractivity (Wildman–Crippen MR) is 254 cm³/mol. The van der Waals surface area contributed by atoms with Crippen LogP contribution in [0.25, 0.3) is 16.6 Å². The van der Waals surface area contributed by atoms with Crippen LogP contribution in [-0.2, 0) is 19.9 Å². The van der Waals surface area contributed by atoms with E-state index in [2.05, 4.69) is 61.3 Å². The molecule has 5 aromatic rings. The van der Waals surface area contributed by atoms with Crippen molar-refractivity contribution in [3.63, 3.8) is 0 Å². The maximum Gasteiger partial charge on any atom is 0.501 e. The van der Waals surface area contributed by atoms with Gasteiger partial charge in [0.1, 0.15) is 22.0 Å². The number of fused-ring (bicyclic) bond motifs is 1. The number of anilines is 2. The maximum absolute atomic E-state index is 14.0. The summed E-state index contributed by atoms with van der Waals surface area (Å²) in [5.74, 6) is -0.908. The SMILES string of the molecule is CC1(C)CCC(c2ccc(Cl)cc2)=C(CN2CCN(c3ccc(C(=O)NS(=O)(=O)c4ccc(NCCCN5CCNCC5)c(S(=O)(=O)C(F)(F)F)c4)c(Oc4cnc5[nH]ccc5c4)c3)CC2)C1. The average molecular weight is 984 g/mol. The highest BCUT2D eigenvalue weighted by Crippen LogP contribution is 2.43. The normalized spacial score (nSPS) is 17.7. The Kier molecular flexibility index (Phi) is 14.3. The molecule has 0 unspecified atom stereocenters. The third-order valence-corrected chi connectivity index (χ3v) is 15.7. The summed E-state index contributed by atoms with van der Waals surface area (Å²) in [5.41, 5.74) is -0.877. The van der Waals surface area contributed by atoms with Crippen LogP contribution in [0.3, 0.4) is 0 Å². The number of H-pyrrole nitrogens is 1. The largest absolute Gasteiger partial charge is 0.501 e. The van der Waals surface area contributed by atoms with Crippen LogP contribution in [0.1, 0.15) is 55.5 Å². The number of carbonyl (C=O) groups is 1. The Bertz CT molecular complexity index is 2860. The number of nitrogens with one attached hydrogen (secondary N) is 4. The number of sulfonamides is 1. The van der Waals surface area contributed by atoms with E-state index in [1.54, 1.807) is 30.5 Å². The fraction of sp³-hybridized carbons (Fsp3) is 0.404. The fourth-order valence-electron chi connectivity index (χ4n) is 8.94. The van der Waals surface area contributed by atoms with E-state index in [0.717, 1.165) is 82.6 Å². The molecule has 4 heterocycles. The summed E-state index contributed by atoms with van der Waals surface area (Å²) in [6.45, 7) is 12.2. The number of rotatable bonds is 15. The first-order chi connectivity index (χ1) is 31.8. The standard InChI is InChI=1S/C47H54ClF3N8O6S2/c1-46(2)14-12-39(32-4-6-35(48)7-5-32)34(29-46)31-58-22-24-59(25-23-58)36-8-10-40(42(27-36)65-37-26-33-13-16-54-44(33)55-30-37)45(60)56-67(63,64)38-9-11-41(43(28-38)66(61,62)47(49,50)51)53-15-3-19-57-20-17-52-18-21-57/h4-11,13,16,26-28,30,52-53H,3,12,14-15,17-25,29,31H2,1-2H3,(H,54,55)(H,56,60). The molecule has 2 aliphatic heterocycles. The average Bonchev–Trinajstić information content (AvgIpc) is 3.76. The summed E-state index contributed by atoms with van der Waals surface area (Å²) in [7, 11) is -11.0. The lowest BCUT2D eigenvalue weighted by atomic mass is 9.73. The molecule has 0 radical (unpaired) electrons. The smallest absolute Gasteiger partial charge is 0.455 e. The number of ether oxygens (including phenoxy) is 1. The van der Waals surface area contributed by atoms with Crippen molar-refractivity contribution in [3.8, 4) is 11.5 Å². The van der Waals surface area contributed by atoms with Gasteiger partial charge in [0.15, 0.2) is 0 Å². The van der Waals surface area contributed by atoms with Crippen molar-refractivity contribution in [3.05, 3.63) is 107 Å². The van der Waals surface area contributed by atoms with Gasteiger partial charge >= 0.3 is 5.51 Å².